The fourth-order valence-electron chi connectivity index (χ4n) is 2.30. The van der Waals surface area contributed by atoms with Gasteiger partial charge in [0, 0.05) is 0 Å². The second-order valence-corrected chi connectivity index (χ2v) is 6.31. The van der Waals surface area contributed by atoms with Gasteiger partial charge in [-0.15, -0.1) is 0 Å². The summed E-state index contributed by atoms with van der Waals surface area (Å²) in [5.41, 5.74) is 3.37. The minimum absolute atomic E-state index is 0.0371. The molecule has 1 unspecified atom stereocenters. The molecular weight excluding hydrogens is 334 g/mol. The Morgan fingerprint density at radius 3 is 2.52 bits per heavy atom. The van der Waals surface area contributed by atoms with Crippen LogP contribution in [0.1, 0.15) is 37.0 Å². The van der Waals surface area contributed by atoms with Gasteiger partial charge in [0.05, 0.1) is 29.9 Å². The van der Waals surface area contributed by atoms with Crippen LogP contribution in [0.2, 0.25) is 5.02 Å². The van der Waals surface area contributed by atoms with Crippen molar-refractivity contribution in [3.8, 4) is 17.6 Å². The molecule has 0 bridgehead atoms. The van der Waals surface area contributed by atoms with Gasteiger partial charge in [0.15, 0.2) is 11.5 Å². The third kappa shape index (κ3) is 4.78. The van der Waals surface area contributed by atoms with Crippen LogP contribution in [-0.4, -0.2) is 13.2 Å². The quantitative estimate of drug-likeness (QED) is 0.478. The molecule has 0 aliphatic carbocycles. The van der Waals surface area contributed by atoms with E-state index in [0.717, 1.165) is 23.1 Å². The Bertz CT molecular complexity index is 804. The predicted octanol–water partition coefficient (Wildman–Crippen LogP) is 5.90. The van der Waals surface area contributed by atoms with Gasteiger partial charge in [-0.2, -0.15) is 5.26 Å². The summed E-state index contributed by atoms with van der Waals surface area (Å²) < 4.78 is 11.3. The normalized spacial score (nSPS) is 12.4. The number of hydrogen-bond donors (Lipinski definition) is 0. The maximum absolute atomic E-state index is 9.50. The van der Waals surface area contributed by atoms with Gasteiger partial charge >= 0.3 is 0 Å². The lowest BCUT2D eigenvalue weighted by Gasteiger charge is -2.17. The monoisotopic (exact) mass is 355 g/mol. The van der Waals surface area contributed by atoms with Crippen LogP contribution in [-0.2, 0) is 0 Å². The van der Waals surface area contributed by atoms with Gasteiger partial charge in [-0.25, -0.2) is 0 Å². The van der Waals surface area contributed by atoms with Gasteiger partial charge in [0.1, 0.15) is 0 Å². The lowest BCUT2D eigenvalue weighted by Crippen LogP contribution is -2.11. The number of nitriles is 1. The van der Waals surface area contributed by atoms with Gasteiger partial charge in [-0.1, -0.05) is 48.4 Å². The van der Waals surface area contributed by atoms with E-state index in [9.17, 15) is 5.26 Å². The van der Waals surface area contributed by atoms with Crippen LogP contribution in [0.4, 0.5) is 0 Å². The van der Waals surface area contributed by atoms with E-state index >= 15 is 0 Å². The molecule has 2 aromatic carbocycles. The molecule has 1 atom stereocenters. The summed E-state index contributed by atoms with van der Waals surface area (Å²) in [5.74, 6) is 1.09. The van der Waals surface area contributed by atoms with Crippen molar-refractivity contribution in [3.63, 3.8) is 0 Å². The molecule has 2 rings (SSSR count). The molecule has 0 N–H and O–H groups in total. The van der Waals surface area contributed by atoms with Crippen molar-refractivity contribution in [2.45, 2.75) is 33.3 Å². The molecule has 0 heterocycles. The molecule has 0 spiro atoms. The summed E-state index contributed by atoms with van der Waals surface area (Å²) in [5, 5.41) is 9.97. The number of aryl methyl sites for hydroxylation is 1. The van der Waals surface area contributed by atoms with Crippen LogP contribution in [0.15, 0.2) is 36.4 Å². The fraction of sp³-hybridized carbons (Fsp3) is 0.286. The molecule has 0 radical (unpaired) electrons. The van der Waals surface area contributed by atoms with Gasteiger partial charge in [0.25, 0.3) is 0 Å². The molecule has 25 heavy (non-hydrogen) atoms. The summed E-state index contributed by atoms with van der Waals surface area (Å²) in [6.07, 6.45) is 2.70. The number of benzene rings is 2. The van der Waals surface area contributed by atoms with Crippen LogP contribution < -0.4 is 9.47 Å². The summed E-state index contributed by atoms with van der Waals surface area (Å²) in [6.45, 7) is 6.04. The molecule has 4 heteroatoms. The molecule has 0 aromatic heterocycles. The zero-order valence-electron chi connectivity index (χ0n) is 15.0. The van der Waals surface area contributed by atoms with Gasteiger partial charge in [0.2, 0.25) is 0 Å². The average molecular weight is 356 g/mol. The summed E-state index contributed by atoms with van der Waals surface area (Å²) in [4.78, 5) is 0. The van der Waals surface area contributed by atoms with Crippen LogP contribution in [0.5, 0.6) is 11.5 Å². The minimum Gasteiger partial charge on any atom is -0.493 e. The number of halogens is 1. The highest BCUT2D eigenvalue weighted by molar-refractivity contribution is 6.32. The molecular formula is C21H22ClNO2. The Hall–Kier alpha value is -2.44. The molecule has 2 aromatic rings. The first kappa shape index (κ1) is 18.9. The van der Waals surface area contributed by atoms with E-state index in [1.54, 1.807) is 19.3 Å². The first-order chi connectivity index (χ1) is 12.0. The topological polar surface area (TPSA) is 42.2 Å². The summed E-state index contributed by atoms with van der Waals surface area (Å²) in [7, 11) is 1.58. The third-order valence-electron chi connectivity index (χ3n) is 3.94. The highest BCUT2D eigenvalue weighted by Gasteiger charge is 2.14. The van der Waals surface area contributed by atoms with Crippen molar-refractivity contribution in [3.05, 3.63) is 58.1 Å². The third-order valence-corrected chi connectivity index (χ3v) is 4.22. The van der Waals surface area contributed by atoms with Crippen LogP contribution in [0.25, 0.3) is 11.6 Å². The van der Waals surface area contributed by atoms with Crippen molar-refractivity contribution in [2.75, 3.05) is 7.11 Å². The van der Waals surface area contributed by atoms with Crippen molar-refractivity contribution >= 4 is 23.3 Å². The van der Waals surface area contributed by atoms with Crippen LogP contribution >= 0.6 is 11.6 Å². The Morgan fingerprint density at radius 2 is 1.96 bits per heavy atom. The molecule has 0 aliphatic rings. The average Bonchev–Trinajstić information content (AvgIpc) is 2.62. The molecule has 0 amide bonds. The van der Waals surface area contributed by atoms with Crippen molar-refractivity contribution in [1.29, 1.82) is 5.26 Å². The molecule has 0 aliphatic heterocycles. The van der Waals surface area contributed by atoms with Gasteiger partial charge in [-0.05, 0) is 49.6 Å². The first-order valence-corrected chi connectivity index (χ1v) is 8.59. The largest absolute Gasteiger partial charge is 0.493 e. The second kappa shape index (κ2) is 8.60. The number of hydrogen-bond acceptors (Lipinski definition) is 3. The van der Waals surface area contributed by atoms with E-state index < -0.39 is 0 Å². The Kier molecular flexibility index (Phi) is 6.50. The highest BCUT2D eigenvalue weighted by Crippen LogP contribution is 2.38. The van der Waals surface area contributed by atoms with Crippen LogP contribution in [0.3, 0.4) is 0 Å². The lowest BCUT2D eigenvalue weighted by molar-refractivity contribution is 0.208. The zero-order chi connectivity index (χ0) is 18.4. The number of ether oxygens (including phenoxy) is 2. The van der Waals surface area contributed by atoms with Crippen LogP contribution in [0, 0.1) is 18.3 Å². The number of allylic oxidation sites excluding steroid dienone is 1. The molecule has 0 saturated heterocycles. The Morgan fingerprint density at radius 1 is 1.28 bits per heavy atom. The number of methoxy groups -OCH3 is 1. The molecule has 0 saturated carbocycles. The Balaban J connectivity index is 2.43. The number of rotatable bonds is 6. The van der Waals surface area contributed by atoms with Gasteiger partial charge in [-0.3, -0.25) is 0 Å². The molecule has 130 valence electrons. The maximum Gasteiger partial charge on any atom is 0.180 e. The summed E-state index contributed by atoms with van der Waals surface area (Å²) in [6, 6.07) is 13.7. The molecule has 0 fully saturated rings. The standard InChI is InChI=1S/C21H22ClNO2/c1-5-15(3)25-21-19(22)11-16(12-20(21)24-4)10-18(13-23)17-8-6-14(2)7-9-17/h6-12,15H,5H2,1-4H3/b18-10-. The van der Waals surface area contributed by atoms with Crippen molar-refractivity contribution in [2.24, 2.45) is 0 Å². The highest BCUT2D eigenvalue weighted by atomic mass is 35.5. The lowest BCUT2D eigenvalue weighted by atomic mass is 10.0. The smallest absolute Gasteiger partial charge is 0.180 e. The van der Waals surface area contributed by atoms with E-state index in [4.69, 9.17) is 21.1 Å². The summed E-state index contributed by atoms with van der Waals surface area (Å²) >= 11 is 6.39. The minimum atomic E-state index is 0.0371. The predicted molar refractivity (Wildman–Crippen MR) is 103 cm³/mol. The van der Waals surface area contributed by atoms with E-state index in [-0.39, 0.29) is 6.10 Å². The van der Waals surface area contributed by atoms with E-state index in [2.05, 4.69) is 6.07 Å². The van der Waals surface area contributed by atoms with E-state index in [0.29, 0.717) is 22.1 Å². The van der Waals surface area contributed by atoms with Gasteiger partial charge < -0.3 is 9.47 Å². The van der Waals surface area contributed by atoms with Crippen molar-refractivity contribution in [1.82, 2.24) is 0 Å². The van der Waals surface area contributed by atoms with E-state index in [1.807, 2.05) is 51.1 Å². The first-order valence-electron chi connectivity index (χ1n) is 8.21. The molecule has 3 nitrogen and oxygen atoms in total. The maximum atomic E-state index is 9.50. The zero-order valence-corrected chi connectivity index (χ0v) is 15.7. The van der Waals surface area contributed by atoms with E-state index in [1.165, 1.54) is 0 Å². The van der Waals surface area contributed by atoms with Crippen molar-refractivity contribution < 1.29 is 9.47 Å². The Labute approximate surface area is 154 Å². The fourth-order valence-corrected chi connectivity index (χ4v) is 2.57. The SMILES string of the molecule is CCC(C)Oc1c(Cl)cc(/C=C(/C#N)c2ccc(C)cc2)cc1OC. The second-order valence-electron chi connectivity index (χ2n) is 5.91. The number of nitrogens with zero attached hydrogens (tertiary/aromatic N) is 1.